The van der Waals surface area contributed by atoms with Gasteiger partial charge in [0.05, 0.1) is 6.04 Å². The van der Waals surface area contributed by atoms with Crippen LogP contribution in [0.25, 0.3) is 11.1 Å². The summed E-state index contributed by atoms with van der Waals surface area (Å²) in [6.07, 6.45) is 7.83. The lowest BCUT2D eigenvalue weighted by Crippen LogP contribution is -2.52. The van der Waals surface area contributed by atoms with Gasteiger partial charge in [0.15, 0.2) is 0 Å². The Balaban J connectivity index is 1.14. The molecule has 1 aliphatic carbocycles. The Morgan fingerprint density at radius 1 is 0.914 bits per heavy atom. The van der Waals surface area contributed by atoms with Crippen LogP contribution in [0.15, 0.2) is 84.4 Å². The maximum Gasteiger partial charge on any atom is 0.410 e. The predicted molar refractivity (Wildman–Crippen MR) is 136 cm³/mol. The Bertz CT molecular complexity index is 1240. The molecule has 4 heteroatoms. The van der Waals surface area contributed by atoms with E-state index in [1.54, 1.807) is 12.1 Å². The topological polar surface area (TPSA) is 29.5 Å². The van der Waals surface area contributed by atoms with Crippen LogP contribution in [-0.2, 0) is 11.2 Å². The fourth-order valence-corrected chi connectivity index (χ4v) is 6.25. The quantitative estimate of drug-likeness (QED) is 0.370. The second-order valence-electron chi connectivity index (χ2n) is 10.0. The molecule has 0 N–H and O–H groups in total. The van der Waals surface area contributed by atoms with E-state index >= 15 is 0 Å². The molecule has 6 rings (SSSR count). The number of benzene rings is 3. The van der Waals surface area contributed by atoms with Gasteiger partial charge in [-0.05, 0) is 78.5 Å². The van der Waals surface area contributed by atoms with Crippen molar-refractivity contribution in [2.45, 2.75) is 56.5 Å². The molecule has 35 heavy (non-hydrogen) atoms. The van der Waals surface area contributed by atoms with E-state index in [0.717, 1.165) is 44.1 Å². The minimum Gasteiger partial charge on any atom is -0.448 e. The lowest BCUT2D eigenvalue weighted by atomic mass is 9.83. The normalized spacial score (nSPS) is 20.7. The molecule has 1 saturated heterocycles. The number of fused-ring (bicyclic) bond motifs is 5. The molecule has 3 aromatic carbocycles. The highest BCUT2D eigenvalue weighted by molar-refractivity contribution is 5.79. The van der Waals surface area contributed by atoms with E-state index in [0.29, 0.717) is 6.61 Å². The third-order valence-electron chi connectivity index (χ3n) is 7.88. The zero-order chi connectivity index (χ0) is 23.8. The van der Waals surface area contributed by atoms with Gasteiger partial charge in [0.1, 0.15) is 12.4 Å². The summed E-state index contributed by atoms with van der Waals surface area (Å²) >= 11 is 0. The highest BCUT2D eigenvalue weighted by atomic mass is 19.1. The van der Waals surface area contributed by atoms with E-state index in [9.17, 15) is 9.18 Å². The minimum absolute atomic E-state index is 0.0772. The number of carbonyl (C=O) groups is 1. The van der Waals surface area contributed by atoms with Crippen molar-refractivity contribution in [3.8, 4) is 11.1 Å². The van der Waals surface area contributed by atoms with E-state index < -0.39 is 0 Å². The maximum absolute atomic E-state index is 13.5. The first-order chi connectivity index (χ1) is 17.2. The van der Waals surface area contributed by atoms with Crippen molar-refractivity contribution in [3.05, 3.63) is 107 Å². The molecular weight excluding hydrogens is 437 g/mol. The second kappa shape index (κ2) is 9.33. The molecule has 2 bridgehead atoms. The van der Waals surface area contributed by atoms with E-state index in [1.807, 2.05) is 11.0 Å². The van der Waals surface area contributed by atoms with Crippen LogP contribution < -0.4 is 0 Å². The van der Waals surface area contributed by atoms with Crippen molar-refractivity contribution < 1.29 is 13.9 Å². The smallest absolute Gasteiger partial charge is 0.410 e. The molecular formula is C31H30FNO2. The number of rotatable bonds is 5. The van der Waals surface area contributed by atoms with Crippen LogP contribution in [-0.4, -0.2) is 29.7 Å². The molecule has 1 amide bonds. The number of ether oxygens (including phenoxy) is 1. The summed E-state index contributed by atoms with van der Waals surface area (Å²) in [6.45, 7) is 0.360. The summed E-state index contributed by atoms with van der Waals surface area (Å²) < 4.78 is 19.5. The fraction of sp³-hybridized carbons (Fsp3) is 0.323. The Labute approximate surface area is 206 Å². The molecule has 0 spiro atoms. The number of nitrogens with zero attached hydrogens (tertiary/aromatic N) is 1. The molecule has 3 aliphatic rings. The van der Waals surface area contributed by atoms with Gasteiger partial charge >= 0.3 is 6.09 Å². The SMILES string of the molecule is O=C(OCC1c2ccccc2-c2ccccc21)N1C2C=C(CCc3cccc(F)c3)CC1CCC2. The Morgan fingerprint density at radius 3 is 2.37 bits per heavy atom. The van der Waals surface area contributed by atoms with Crippen LogP contribution in [0, 0.1) is 5.82 Å². The number of amides is 1. The van der Waals surface area contributed by atoms with E-state index in [-0.39, 0.29) is 29.9 Å². The summed E-state index contributed by atoms with van der Waals surface area (Å²) in [5, 5.41) is 0. The van der Waals surface area contributed by atoms with Gasteiger partial charge in [-0.2, -0.15) is 0 Å². The Hall–Kier alpha value is -3.40. The standard InChI is InChI=1S/C31H30FNO2/c32-23-8-5-7-21(17-23)15-16-22-18-24-9-6-10-25(19-22)33(24)31(34)35-20-30-28-13-3-1-11-26(28)27-12-2-4-14-29(27)30/h1-5,7-8,11-14,17-18,24-25,30H,6,9-10,15-16,19-20H2. The van der Waals surface area contributed by atoms with Crippen LogP contribution >= 0.6 is 0 Å². The summed E-state index contributed by atoms with van der Waals surface area (Å²) in [5.74, 6) is -0.105. The van der Waals surface area contributed by atoms with Crippen LogP contribution in [0.5, 0.6) is 0 Å². The summed E-state index contributed by atoms with van der Waals surface area (Å²) in [5.41, 5.74) is 7.36. The van der Waals surface area contributed by atoms with Crippen molar-refractivity contribution in [2.75, 3.05) is 6.61 Å². The predicted octanol–water partition coefficient (Wildman–Crippen LogP) is 7.26. The second-order valence-corrected chi connectivity index (χ2v) is 10.0. The first-order valence-corrected chi connectivity index (χ1v) is 12.7. The van der Waals surface area contributed by atoms with Gasteiger partial charge in [-0.3, -0.25) is 4.90 Å². The summed E-state index contributed by atoms with van der Waals surface area (Å²) in [6, 6.07) is 24.0. The molecule has 3 aromatic rings. The Morgan fingerprint density at radius 2 is 1.66 bits per heavy atom. The van der Waals surface area contributed by atoms with Crippen LogP contribution in [0.1, 0.15) is 54.7 Å². The van der Waals surface area contributed by atoms with E-state index in [1.165, 1.54) is 33.9 Å². The van der Waals surface area contributed by atoms with Crippen molar-refractivity contribution in [1.82, 2.24) is 4.90 Å². The maximum atomic E-state index is 13.5. The minimum atomic E-state index is -0.193. The number of carbonyl (C=O) groups excluding carboxylic acids is 1. The Kier molecular flexibility index (Phi) is 5.89. The first-order valence-electron chi connectivity index (χ1n) is 12.7. The van der Waals surface area contributed by atoms with Gasteiger partial charge in [-0.25, -0.2) is 9.18 Å². The number of piperidine rings is 1. The molecule has 2 heterocycles. The van der Waals surface area contributed by atoms with Gasteiger partial charge in [-0.1, -0.05) is 72.3 Å². The third-order valence-corrected chi connectivity index (χ3v) is 7.88. The lowest BCUT2D eigenvalue weighted by molar-refractivity contribution is 0.0507. The zero-order valence-electron chi connectivity index (χ0n) is 19.8. The highest BCUT2D eigenvalue weighted by Gasteiger charge is 2.38. The van der Waals surface area contributed by atoms with Crippen molar-refractivity contribution in [3.63, 3.8) is 0 Å². The molecule has 178 valence electrons. The number of hydrogen-bond acceptors (Lipinski definition) is 2. The zero-order valence-corrected chi connectivity index (χ0v) is 19.8. The van der Waals surface area contributed by atoms with Crippen LogP contribution in [0.3, 0.4) is 0 Å². The van der Waals surface area contributed by atoms with E-state index in [2.05, 4.69) is 54.6 Å². The molecule has 2 unspecified atom stereocenters. The average Bonchev–Trinajstić information content (AvgIpc) is 3.19. The van der Waals surface area contributed by atoms with Crippen LogP contribution in [0.4, 0.5) is 9.18 Å². The molecule has 0 aromatic heterocycles. The largest absolute Gasteiger partial charge is 0.448 e. The lowest BCUT2D eigenvalue weighted by Gasteiger charge is -2.44. The van der Waals surface area contributed by atoms with Gasteiger partial charge in [0.2, 0.25) is 0 Å². The van der Waals surface area contributed by atoms with Gasteiger partial charge < -0.3 is 4.74 Å². The average molecular weight is 468 g/mol. The molecule has 2 aliphatic heterocycles. The van der Waals surface area contributed by atoms with Crippen LogP contribution in [0.2, 0.25) is 0 Å². The van der Waals surface area contributed by atoms with Gasteiger partial charge in [0, 0.05) is 12.0 Å². The molecule has 2 atom stereocenters. The number of halogens is 1. The fourth-order valence-electron chi connectivity index (χ4n) is 6.25. The molecule has 0 radical (unpaired) electrons. The number of hydrogen-bond donors (Lipinski definition) is 0. The highest BCUT2D eigenvalue weighted by Crippen LogP contribution is 2.45. The van der Waals surface area contributed by atoms with Gasteiger partial charge in [0.25, 0.3) is 0 Å². The van der Waals surface area contributed by atoms with Crippen molar-refractivity contribution in [1.29, 1.82) is 0 Å². The summed E-state index contributed by atoms with van der Waals surface area (Å²) in [7, 11) is 0. The summed E-state index contributed by atoms with van der Waals surface area (Å²) in [4.78, 5) is 15.3. The van der Waals surface area contributed by atoms with Gasteiger partial charge in [-0.15, -0.1) is 0 Å². The molecule has 3 nitrogen and oxygen atoms in total. The van der Waals surface area contributed by atoms with E-state index in [4.69, 9.17) is 4.74 Å². The third kappa shape index (κ3) is 4.27. The molecule has 1 fully saturated rings. The number of aryl methyl sites for hydroxylation is 1. The van der Waals surface area contributed by atoms with Crippen molar-refractivity contribution in [2.24, 2.45) is 0 Å². The molecule has 0 saturated carbocycles. The first kappa shape index (κ1) is 22.1. The monoisotopic (exact) mass is 467 g/mol. The van der Waals surface area contributed by atoms with Crippen molar-refractivity contribution >= 4 is 6.09 Å².